The molecule has 0 saturated carbocycles. The van der Waals surface area contributed by atoms with Crippen molar-refractivity contribution >= 4 is 0 Å². The number of nitrogens with two attached hydrogens (primary N) is 1. The minimum Gasteiger partial charge on any atom is -0.486 e. The van der Waals surface area contributed by atoms with Gasteiger partial charge in [-0.05, 0) is 31.0 Å². The van der Waals surface area contributed by atoms with Crippen LogP contribution in [-0.2, 0) is 13.2 Å². The SMILES string of the molecule is CCC(N)c1ccc(OCc2ncnn2CC)cc1. The normalized spacial score (nSPS) is 12.4. The van der Waals surface area contributed by atoms with Gasteiger partial charge in [-0.3, -0.25) is 0 Å². The Kier molecular flexibility index (Phi) is 4.52. The van der Waals surface area contributed by atoms with E-state index in [4.69, 9.17) is 10.5 Å². The molecule has 2 aromatic rings. The van der Waals surface area contributed by atoms with Crippen molar-refractivity contribution in [2.45, 2.75) is 39.5 Å². The lowest BCUT2D eigenvalue weighted by Gasteiger charge is -2.10. The zero-order valence-corrected chi connectivity index (χ0v) is 11.4. The van der Waals surface area contributed by atoms with Gasteiger partial charge in [-0.25, -0.2) is 9.67 Å². The summed E-state index contributed by atoms with van der Waals surface area (Å²) in [6.45, 7) is 5.32. The summed E-state index contributed by atoms with van der Waals surface area (Å²) in [5, 5.41) is 4.10. The van der Waals surface area contributed by atoms with Crippen molar-refractivity contribution < 1.29 is 4.74 Å². The molecule has 0 bridgehead atoms. The number of hydrogen-bond donors (Lipinski definition) is 1. The summed E-state index contributed by atoms with van der Waals surface area (Å²) < 4.78 is 7.52. The lowest BCUT2D eigenvalue weighted by molar-refractivity contribution is 0.287. The van der Waals surface area contributed by atoms with Crippen molar-refractivity contribution in [3.63, 3.8) is 0 Å². The Morgan fingerprint density at radius 3 is 2.63 bits per heavy atom. The quantitative estimate of drug-likeness (QED) is 0.865. The van der Waals surface area contributed by atoms with Gasteiger partial charge in [0.25, 0.3) is 0 Å². The van der Waals surface area contributed by atoms with Crippen molar-refractivity contribution in [2.24, 2.45) is 5.73 Å². The van der Waals surface area contributed by atoms with E-state index in [-0.39, 0.29) is 6.04 Å². The number of benzene rings is 1. The molecular weight excluding hydrogens is 240 g/mol. The van der Waals surface area contributed by atoms with E-state index < -0.39 is 0 Å². The molecule has 2 rings (SSSR count). The fraction of sp³-hybridized carbons (Fsp3) is 0.429. The number of rotatable bonds is 6. The minimum atomic E-state index is 0.0947. The van der Waals surface area contributed by atoms with E-state index in [0.717, 1.165) is 30.1 Å². The van der Waals surface area contributed by atoms with Gasteiger partial charge in [-0.1, -0.05) is 19.1 Å². The van der Waals surface area contributed by atoms with Crippen molar-refractivity contribution in [1.82, 2.24) is 14.8 Å². The number of aryl methyl sites for hydroxylation is 1. The fourth-order valence-corrected chi connectivity index (χ4v) is 1.86. The first-order valence-electron chi connectivity index (χ1n) is 6.59. The van der Waals surface area contributed by atoms with Crippen molar-refractivity contribution in [3.05, 3.63) is 42.0 Å². The first-order valence-corrected chi connectivity index (χ1v) is 6.59. The van der Waals surface area contributed by atoms with Crippen LogP contribution in [0.5, 0.6) is 5.75 Å². The molecule has 5 heteroatoms. The van der Waals surface area contributed by atoms with Crippen LogP contribution >= 0.6 is 0 Å². The highest BCUT2D eigenvalue weighted by molar-refractivity contribution is 5.29. The third-order valence-corrected chi connectivity index (χ3v) is 3.11. The lowest BCUT2D eigenvalue weighted by Crippen LogP contribution is -2.09. The maximum absolute atomic E-state index is 5.97. The molecule has 1 atom stereocenters. The second-order valence-corrected chi connectivity index (χ2v) is 4.36. The summed E-state index contributed by atoms with van der Waals surface area (Å²) in [5.74, 6) is 1.65. The highest BCUT2D eigenvalue weighted by Gasteiger charge is 2.05. The van der Waals surface area contributed by atoms with Crippen LogP contribution < -0.4 is 10.5 Å². The van der Waals surface area contributed by atoms with Gasteiger partial charge >= 0.3 is 0 Å². The van der Waals surface area contributed by atoms with E-state index in [1.165, 1.54) is 0 Å². The van der Waals surface area contributed by atoms with Crippen LogP contribution in [0, 0.1) is 0 Å². The Morgan fingerprint density at radius 1 is 1.26 bits per heavy atom. The van der Waals surface area contributed by atoms with Crippen LogP contribution in [0.3, 0.4) is 0 Å². The van der Waals surface area contributed by atoms with E-state index >= 15 is 0 Å². The van der Waals surface area contributed by atoms with Crippen LogP contribution in [0.2, 0.25) is 0 Å². The second kappa shape index (κ2) is 6.33. The van der Waals surface area contributed by atoms with E-state index in [1.807, 2.05) is 35.9 Å². The first-order chi connectivity index (χ1) is 9.24. The number of nitrogens with zero attached hydrogens (tertiary/aromatic N) is 3. The summed E-state index contributed by atoms with van der Waals surface area (Å²) in [7, 11) is 0. The van der Waals surface area contributed by atoms with Gasteiger partial charge in [0.2, 0.25) is 0 Å². The summed E-state index contributed by atoms with van der Waals surface area (Å²) in [5.41, 5.74) is 7.10. The molecule has 0 aliphatic rings. The maximum Gasteiger partial charge on any atom is 0.164 e. The van der Waals surface area contributed by atoms with Crippen LogP contribution in [-0.4, -0.2) is 14.8 Å². The van der Waals surface area contributed by atoms with Crippen molar-refractivity contribution in [1.29, 1.82) is 0 Å². The molecule has 1 unspecified atom stereocenters. The molecule has 0 aliphatic carbocycles. The van der Waals surface area contributed by atoms with Gasteiger partial charge in [0.15, 0.2) is 5.82 Å². The van der Waals surface area contributed by atoms with E-state index in [1.54, 1.807) is 6.33 Å². The van der Waals surface area contributed by atoms with Crippen molar-refractivity contribution in [3.8, 4) is 5.75 Å². The molecule has 5 nitrogen and oxygen atoms in total. The van der Waals surface area contributed by atoms with Crippen LogP contribution in [0.15, 0.2) is 30.6 Å². The Balaban J connectivity index is 1.96. The zero-order valence-electron chi connectivity index (χ0n) is 11.4. The van der Waals surface area contributed by atoms with Crippen LogP contribution in [0.4, 0.5) is 0 Å². The Labute approximate surface area is 113 Å². The highest BCUT2D eigenvalue weighted by atomic mass is 16.5. The van der Waals surface area contributed by atoms with Gasteiger partial charge in [0.05, 0.1) is 0 Å². The fourth-order valence-electron chi connectivity index (χ4n) is 1.86. The van der Waals surface area contributed by atoms with Crippen LogP contribution in [0.25, 0.3) is 0 Å². The van der Waals surface area contributed by atoms with E-state index in [9.17, 15) is 0 Å². The average molecular weight is 260 g/mol. The van der Waals surface area contributed by atoms with Gasteiger partial charge in [0.1, 0.15) is 18.7 Å². The Morgan fingerprint density at radius 2 is 2.00 bits per heavy atom. The average Bonchev–Trinajstić information content (AvgIpc) is 2.92. The molecule has 0 radical (unpaired) electrons. The molecule has 0 saturated heterocycles. The second-order valence-electron chi connectivity index (χ2n) is 4.36. The molecule has 0 fully saturated rings. The third kappa shape index (κ3) is 3.32. The van der Waals surface area contributed by atoms with Gasteiger partial charge in [-0.15, -0.1) is 0 Å². The van der Waals surface area contributed by atoms with Crippen molar-refractivity contribution in [2.75, 3.05) is 0 Å². The molecule has 0 amide bonds. The van der Waals surface area contributed by atoms with Gasteiger partial charge in [-0.2, -0.15) is 5.10 Å². The zero-order chi connectivity index (χ0) is 13.7. The molecule has 2 N–H and O–H groups in total. The predicted octanol–water partition coefficient (Wildman–Crippen LogP) is 2.29. The molecule has 102 valence electrons. The number of hydrogen-bond acceptors (Lipinski definition) is 4. The molecule has 0 aliphatic heterocycles. The smallest absolute Gasteiger partial charge is 0.164 e. The maximum atomic E-state index is 5.97. The minimum absolute atomic E-state index is 0.0947. The van der Waals surface area contributed by atoms with E-state index in [0.29, 0.717) is 6.61 Å². The Bertz CT molecular complexity index is 506. The molecule has 19 heavy (non-hydrogen) atoms. The molecular formula is C14H20N4O. The first kappa shape index (κ1) is 13.5. The van der Waals surface area contributed by atoms with Gasteiger partial charge < -0.3 is 10.5 Å². The lowest BCUT2D eigenvalue weighted by atomic mass is 10.1. The third-order valence-electron chi connectivity index (χ3n) is 3.11. The monoisotopic (exact) mass is 260 g/mol. The molecule has 1 aromatic heterocycles. The van der Waals surface area contributed by atoms with Crippen LogP contribution in [0.1, 0.15) is 37.7 Å². The predicted molar refractivity (Wildman–Crippen MR) is 73.7 cm³/mol. The number of aromatic nitrogens is 3. The summed E-state index contributed by atoms with van der Waals surface area (Å²) >= 11 is 0. The molecule has 0 spiro atoms. The Hall–Kier alpha value is -1.88. The van der Waals surface area contributed by atoms with Gasteiger partial charge in [0, 0.05) is 12.6 Å². The molecule has 1 aromatic carbocycles. The highest BCUT2D eigenvalue weighted by Crippen LogP contribution is 2.18. The topological polar surface area (TPSA) is 66.0 Å². The summed E-state index contributed by atoms with van der Waals surface area (Å²) in [6, 6.07) is 7.99. The largest absolute Gasteiger partial charge is 0.486 e. The standard InChI is InChI=1S/C14H20N4O/c1-3-13(15)11-5-7-12(8-6-11)19-9-14-16-10-17-18(14)4-2/h5-8,10,13H,3-4,9,15H2,1-2H3. The summed E-state index contributed by atoms with van der Waals surface area (Å²) in [4.78, 5) is 4.17. The number of ether oxygens (including phenoxy) is 1. The molecule has 1 heterocycles. The van der Waals surface area contributed by atoms with E-state index in [2.05, 4.69) is 17.0 Å². The summed E-state index contributed by atoms with van der Waals surface area (Å²) in [6.07, 6.45) is 2.48.